The first-order valence-corrected chi connectivity index (χ1v) is 10.1. The van der Waals surface area contributed by atoms with Gasteiger partial charge in [0.2, 0.25) is 0 Å². The fourth-order valence-corrected chi connectivity index (χ4v) is 3.87. The third kappa shape index (κ3) is 4.66. The second-order valence-electron chi connectivity index (χ2n) is 7.68. The average molecular weight is 425 g/mol. The van der Waals surface area contributed by atoms with Crippen molar-refractivity contribution >= 4 is 23.5 Å². The van der Waals surface area contributed by atoms with Crippen molar-refractivity contribution in [1.82, 2.24) is 9.80 Å². The second-order valence-corrected chi connectivity index (χ2v) is 7.68. The summed E-state index contributed by atoms with van der Waals surface area (Å²) >= 11 is 0. The third-order valence-electron chi connectivity index (χ3n) is 5.56. The van der Waals surface area contributed by atoms with Crippen LogP contribution in [0.3, 0.4) is 0 Å². The summed E-state index contributed by atoms with van der Waals surface area (Å²) in [5.41, 5.74) is 7.11. The van der Waals surface area contributed by atoms with E-state index in [1.165, 1.54) is 18.2 Å². The first-order valence-electron chi connectivity index (χ1n) is 10.1. The largest absolute Gasteiger partial charge is 0.443 e. The lowest BCUT2D eigenvalue weighted by Gasteiger charge is -2.35. The molecule has 1 unspecified atom stereocenters. The highest BCUT2D eigenvalue weighted by molar-refractivity contribution is 5.96. The predicted octanol–water partition coefficient (Wildman–Crippen LogP) is 1.89. The van der Waals surface area contributed by atoms with E-state index < -0.39 is 11.9 Å². The number of nitrogen functional groups attached to an aromatic ring is 1. The Morgan fingerprint density at radius 1 is 1.10 bits per heavy atom. The number of cyclic esters (lactones) is 1. The number of nitrogens with one attached hydrogen (secondary N) is 1. The molecule has 9 heteroatoms. The zero-order chi connectivity index (χ0) is 22.0. The number of hydrogen-bond acceptors (Lipinski definition) is 5. The number of piperazine rings is 1. The Morgan fingerprint density at radius 2 is 1.81 bits per heavy atom. The number of amides is 2. The summed E-state index contributed by atoms with van der Waals surface area (Å²) in [7, 11) is 0. The highest BCUT2D eigenvalue weighted by atomic mass is 19.1. The molecule has 3 N–H and O–H groups in total. The molecule has 0 aromatic heterocycles. The number of nitrogens with zero attached hydrogens (tertiary/aromatic N) is 3. The Bertz CT molecular complexity index is 989. The molecule has 31 heavy (non-hydrogen) atoms. The van der Waals surface area contributed by atoms with E-state index in [0.29, 0.717) is 56.1 Å². The zero-order valence-corrected chi connectivity index (χ0v) is 17.0. The summed E-state index contributed by atoms with van der Waals surface area (Å²) < 4.78 is 18.9. The van der Waals surface area contributed by atoms with Crippen LogP contribution < -0.4 is 10.6 Å². The maximum Gasteiger partial charge on any atom is 0.414 e. The Balaban J connectivity index is 1.29. The van der Waals surface area contributed by atoms with Crippen molar-refractivity contribution in [2.45, 2.75) is 6.10 Å². The molecule has 2 aromatic carbocycles. The number of hydrogen-bond donors (Lipinski definition) is 2. The molecule has 2 aliphatic rings. The lowest BCUT2D eigenvalue weighted by molar-refractivity contribution is 0.0551. The van der Waals surface area contributed by atoms with Gasteiger partial charge in [-0.2, -0.15) is 0 Å². The van der Waals surface area contributed by atoms with Crippen LogP contribution >= 0.6 is 0 Å². The van der Waals surface area contributed by atoms with Gasteiger partial charge in [0.1, 0.15) is 17.8 Å². The van der Waals surface area contributed by atoms with E-state index in [1.807, 2.05) is 0 Å². The molecule has 2 fully saturated rings. The van der Waals surface area contributed by atoms with Gasteiger partial charge in [-0.05, 0) is 42.5 Å². The summed E-state index contributed by atoms with van der Waals surface area (Å²) in [6, 6.07) is 12.6. The van der Waals surface area contributed by atoms with Crippen LogP contribution in [0, 0.1) is 11.2 Å². The Labute approximate surface area is 179 Å². The van der Waals surface area contributed by atoms with Gasteiger partial charge in [0.15, 0.2) is 0 Å². The molecule has 0 radical (unpaired) electrons. The molecule has 2 heterocycles. The molecule has 2 aromatic rings. The van der Waals surface area contributed by atoms with E-state index in [-0.39, 0.29) is 17.8 Å². The molecule has 0 bridgehead atoms. The van der Waals surface area contributed by atoms with Crippen molar-refractivity contribution < 1.29 is 18.7 Å². The Hall–Kier alpha value is -3.46. The lowest BCUT2D eigenvalue weighted by Crippen LogP contribution is -2.50. The monoisotopic (exact) mass is 425 g/mol. The van der Waals surface area contributed by atoms with Crippen molar-refractivity contribution in [2.24, 2.45) is 5.73 Å². The first kappa shape index (κ1) is 20.8. The number of nitrogens with two attached hydrogens (primary N) is 1. The van der Waals surface area contributed by atoms with Crippen LogP contribution in [0.25, 0.3) is 0 Å². The first-order chi connectivity index (χ1) is 14.9. The number of halogens is 1. The smallest absolute Gasteiger partial charge is 0.414 e. The molecule has 0 saturated carbocycles. The molecular weight excluding hydrogens is 401 g/mol. The second kappa shape index (κ2) is 8.73. The van der Waals surface area contributed by atoms with Crippen molar-refractivity contribution in [3.63, 3.8) is 0 Å². The SMILES string of the molecule is N=C(N)c1ccc(N2CC(CN3CCN(C(=O)c4cccc(F)c4)CC3)OC2=O)cc1. The van der Waals surface area contributed by atoms with Crippen LogP contribution in [0.5, 0.6) is 0 Å². The molecule has 2 amide bonds. The number of benzene rings is 2. The minimum atomic E-state index is -0.423. The molecule has 2 aliphatic heterocycles. The summed E-state index contributed by atoms with van der Waals surface area (Å²) in [6.45, 7) is 3.39. The minimum Gasteiger partial charge on any atom is -0.443 e. The van der Waals surface area contributed by atoms with Crippen LogP contribution in [-0.4, -0.2) is 73.0 Å². The summed E-state index contributed by atoms with van der Waals surface area (Å²) in [6.07, 6.45) is -0.675. The Morgan fingerprint density at radius 3 is 2.45 bits per heavy atom. The van der Waals surface area contributed by atoms with Crippen molar-refractivity contribution in [1.29, 1.82) is 5.41 Å². The topological polar surface area (TPSA) is 103 Å². The van der Waals surface area contributed by atoms with Crippen LogP contribution in [0.1, 0.15) is 15.9 Å². The molecule has 162 valence electrons. The van der Waals surface area contributed by atoms with Gasteiger partial charge in [-0.15, -0.1) is 0 Å². The zero-order valence-electron chi connectivity index (χ0n) is 17.0. The Kier molecular flexibility index (Phi) is 5.85. The van der Waals surface area contributed by atoms with E-state index in [2.05, 4.69) is 4.90 Å². The number of ether oxygens (including phenoxy) is 1. The average Bonchev–Trinajstić information content (AvgIpc) is 3.13. The van der Waals surface area contributed by atoms with E-state index in [9.17, 15) is 14.0 Å². The molecule has 8 nitrogen and oxygen atoms in total. The number of carbonyl (C=O) groups is 2. The van der Waals surface area contributed by atoms with Crippen LogP contribution in [-0.2, 0) is 4.74 Å². The van der Waals surface area contributed by atoms with Gasteiger partial charge >= 0.3 is 6.09 Å². The van der Waals surface area contributed by atoms with E-state index in [1.54, 1.807) is 40.1 Å². The number of rotatable bonds is 5. The van der Waals surface area contributed by atoms with Gasteiger partial charge < -0.3 is 15.4 Å². The quantitative estimate of drug-likeness (QED) is 0.563. The van der Waals surface area contributed by atoms with Crippen molar-refractivity contribution in [3.8, 4) is 0 Å². The predicted molar refractivity (Wildman–Crippen MR) is 114 cm³/mol. The van der Waals surface area contributed by atoms with Crippen LogP contribution in [0.15, 0.2) is 48.5 Å². The summed E-state index contributed by atoms with van der Waals surface area (Å²) in [5.74, 6) is -0.622. The standard InChI is InChI=1S/C22H24FN5O3/c23-17-3-1-2-16(12-17)21(29)27-10-8-26(9-11-27)13-19-14-28(22(30)31-19)18-6-4-15(5-7-18)20(24)25/h1-7,12,19H,8-11,13-14H2,(H3,24,25). The number of anilines is 1. The van der Waals surface area contributed by atoms with Gasteiger partial charge in [0.05, 0.1) is 6.54 Å². The van der Waals surface area contributed by atoms with Crippen LogP contribution in [0.4, 0.5) is 14.9 Å². The van der Waals surface area contributed by atoms with Gasteiger partial charge in [-0.1, -0.05) is 6.07 Å². The normalized spacial score (nSPS) is 19.4. The maximum absolute atomic E-state index is 13.4. The van der Waals surface area contributed by atoms with E-state index in [0.717, 1.165) is 0 Å². The fourth-order valence-electron chi connectivity index (χ4n) is 3.87. The minimum absolute atomic E-state index is 0.0246. The maximum atomic E-state index is 13.4. The van der Waals surface area contributed by atoms with Gasteiger partial charge in [0.25, 0.3) is 5.91 Å². The van der Waals surface area contributed by atoms with E-state index in [4.69, 9.17) is 15.9 Å². The number of carbonyl (C=O) groups excluding carboxylic acids is 2. The summed E-state index contributed by atoms with van der Waals surface area (Å²) in [4.78, 5) is 30.3. The van der Waals surface area contributed by atoms with Crippen molar-refractivity contribution in [3.05, 3.63) is 65.5 Å². The van der Waals surface area contributed by atoms with Gasteiger partial charge in [-0.25, -0.2) is 9.18 Å². The van der Waals surface area contributed by atoms with E-state index >= 15 is 0 Å². The molecule has 0 spiro atoms. The highest BCUT2D eigenvalue weighted by Crippen LogP contribution is 2.23. The fraction of sp³-hybridized carbons (Fsp3) is 0.318. The highest BCUT2D eigenvalue weighted by Gasteiger charge is 2.34. The molecule has 0 aliphatic carbocycles. The van der Waals surface area contributed by atoms with Crippen LogP contribution in [0.2, 0.25) is 0 Å². The van der Waals surface area contributed by atoms with Crippen molar-refractivity contribution in [2.75, 3.05) is 44.2 Å². The molecule has 4 rings (SSSR count). The van der Waals surface area contributed by atoms with Gasteiger partial charge in [0, 0.05) is 49.5 Å². The van der Waals surface area contributed by atoms with Gasteiger partial charge in [-0.3, -0.25) is 20.0 Å². The lowest BCUT2D eigenvalue weighted by atomic mass is 10.1. The number of amidine groups is 1. The summed E-state index contributed by atoms with van der Waals surface area (Å²) in [5, 5.41) is 7.45. The molecular formula is C22H24FN5O3. The molecule has 1 atom stereocenters. The third-order valence-corrected chi connectivity index (χ3v) is 5.56. The molecule has 2 saturated heterocycles.